The summed E-state index contributed by atoms with van der Waals surface area (Å²) in [7, 11) is 0. The molecule has 0 aliphatic carbocycles. The smallest absolute Gasteiger partial charge is 0.136 e. The molecule has 1 aromatic rings. The molecule has 0 aliphatic heterocycles. The topological polar surface area (TPSA) is 42.0 Å². The van der Waals surface area contributed by atoms with Crippen molar-refractivity contribution in [1.82, 2.24) is 10.3 Å². The zero-order chi connectivity index (χ0) is 10.2. The Morgan fingerprint density at radius 3 is 3.00 bits per heavy atom. The van der Waals surface area contributed by atoms with Gasteiger partial charge >= 0.3 is 0 Å². The summed E-state index contributed by atoms with van der Waals surface area (Å²) in [4.78, 5) is 14.8. The molecular weight excluding hydrogens is 176 g/mol. The maximum Gasteiger partial charge on any atom is 0.136 e. The van der Waals surface area contributed by atoms with E-state index in [4.69, 9.17) is 0 Å². The van der Waals surface area contributed by atoms with Crippen molar-refractivity contribution in [1.29, 1.82) is 0 Å². The third-order valence-corrected chi connectivity index (χ3v) is 2.04. The summed E-state index contributed by atoms with van der Waals surface area (Å²) < 4.78 is 0. The molecule has 3 nitrogen and oxygen atoms in total. The molecule has 0 bridgehead atoms. The van der Waals surface area contributed by atoms with E-state index in [0.717, 1.165) is 24.8 Å². The summed E-state index contributed by atoms with van der Waals surface area (Å²) in [6.07, 6.45) is 4.62. The van der Waals surface area contributed by atoms with Gasteiger partial charge in [0.05, 0.1) is 11.7 Å². The molecule has 0 saturated carbocycles. The molecule has 14 heavy (non-hydrogen) atoms. The highest BCUT2D eigenvalue weighted by Gasteiger charge is 2.04. The van der Waals surface area contributed by atoms with Crippen LogP contribution in [0.25, 0.3) is 0 Å². The number of aromatic nitrogens is 1. The second-order valence-corrected chi connectivity index (χ2v) is 3.23. The van der Waals surface area contributed by atoms with Crippen LogP contribution in [0.1, 0.15) is 25.5 Å². The lowest BCUT2D eigenvalue weighted by Gasteiger charge is -2.10. The number of pyridine rings is 1. The fraction of sp³-hybridized carbons (Fsp3) is 0.455. The minimum absolute atomic E-state index is 0.0398. The van der Waals surface area contributed by atoms with Gasteiger partial charge in [0.1, 0.15) is 6.29 Å². The van der Waals surface area contributed by atoms with Crippen LogP contribution < -0.4 is 5.32 Å². The van der Waals surface area contributed by atoms with Crippen LogP contribution >= 0.6 is 0 Å². The molecule has 1 N–H and O–H groups in total. The summed E-state index contributed by atoms with van der Waals surface area (Å²) in [5.74, 6) is 0. The van der Waals surface area contributed by atoms with E-state index in [-0.39, 0.29) is 6.04 Å². The van der Waals surface area contributed by atoms with E-state index in [2.05, 4.69) is 17.2 Å². The van der Waals surface area contributed by atoms with Gasteiger partial charge in [-0.15, -0.1) is 0 Å². The molecule has 0 aromatic carbocycles. The number of nitrogens with zero attached hydrogens (tertiary/aromatic N) is 1. The van der Waals surface area contributed by atoms with Crippen molar-refractivity contribution in [2.24, 2.45) is 0 Å². The molecule has 0 amide bonds. The second-order valence-electron chi connectivity index (χ2n) is 3.23. The van der Waals surface area contributed by atoms with Crippen molar-refractivity contribution in [3.63, 3.8) is 0 Å². The predicted molar refractivity (Wildman–Crippen MR) is 55.8 cm³/mol. The van der Waals surface area contributed by atoms with E-state index in [0.29, 0.717) is 6.54 Å². The van der Waals surface area contributed by atoms with Gasteiger partial charge in [0.25, 0.3) is 0 Å². The number of nitrogens with one attached hydrogen (secondary N) is 1. The minimum Gasteiger partial charge on any atom is -0.302 e. The lowest BCUT2D eigenvalue weighted by Crippen LogP contribution is -2.29. The quantitative estimate of drug-likeness (QED) is 0.695. The SMILES string of the molecule is CCCC(C=O)NCc1ccccn1. The van der Waals surface area contributed by atoms with E-state index in [1.54, 1.807) is 6.20 Å². The first-order valence-electron chi connectivity index (χ1n) is 4.95. The molecule has 1 rings (SSSR count). The van der Waals surface area contributed by atoms with Crippen LogP contribution in [0.15, 0.2) is 24.4 Å². The molecule has 1 unspecified atom stereocenters. The summed E-state index contributed by atoms with van der Waals surface area (Å²) in [5.41, 5.74) is 0.968. The highest BCUT2D eigenvalue weighted by molar-refractivity contribution is 5.57. The molecular formula is C11H16N2O. The van der Waals surface area contributed by atoms with Gasteiger partial charge in [-0.05, 0) is 18.6 Å². The lowest BCUT2D eigenvalue weighted by molar-refractivity contribution is -0.109. The summed E-state index contributed by atoms with van der Waals surface area (Å²) in [6.45, 7) is 2.73. The second kappa shape index (κ2) is 6.27. The van der Waals surface area contributed by atoms with Gasteiger partial charge in [-0.1, -0.05) is 19.4 Å². The number of aldehydes is 1. The van der Waals surface area contributed by atoms with Crippen LogP contribution in [0.5, 0.6) is 0 Å². The number of carbonyl (C=O) groups is 1. The van der Waals surface area contributed by atoms with Crippen molar-refractivity contribution in [3.05, 3.63) is 30.1 Å². The fourth-order valence-electron chi connectivity index (χ4n) is 1.27. The van der Waals surface area contributed by atoms with Gasteiger partial charge in [-0.25, -0.2) is 0 Å². The molecule has 0 radical (unpaired) electrons. The average molecular weight is 192 g/mol. The van der Waals surface area contributed by atoms with E-state index in [9.17, 15) is 4.79 Å². The normalized spacial score (nSPS) is 12.4. The molecule has 3 heteroatoms. The van der Waals surface area contributed by atoms with Gasteiger partial charge in [0, 0.05) is 12.7 Å². The third kappa shape index (κ3) is 3.66. The number of hydrogen-bond acceptors (Lipinski definition) is 3. The number of hydrogen-bond donors (Lipinski definition) is 1. The first-order chi connectivity index (χ1) is 6.86. The predicted octanol–water partition coefficient (Wildman–Crippen LogP) is 1.54. The highest BCUT2D eigenvalue weighted by atomic mass is 16.1. The van der Waals surface area contributed by atoms with Crippen LogP contribution in [0, 0.1) is 0 Å². The summed E-state index contributed by atoms with van der Waals surface area (Å²) in [6, 6.07) is 5.73. The summed E-state index contributed by atoms with van der Waals surface area (Å²) >= 11 is 0. The number of rotatable bonds is 6. The Kier molecular flexibility index (Phi) is 4.86. The van der Waals surface area contributed by atoms with Gasteiger partial charge in [-0.2, -0.15) is 0 Å². The molecule has 0 aliphatic rings. The van der Waals surface area contributed by atoms with Crippen LogP contribution in [0.4, 0.5) is 0 Å². The zero-order valence-corrected chi connectivity index (χ0v) is 8.44. The van der Waals surface area contributed by atoms with Crippen LogP contribution in [0.2, 0.25) is 0 Å². The monoisotopic (exact) mass is 192 g/mol. The van der Waals surface area contributed by atoms with Crippen molar-refractivity contribution >= 4 is 6.29 Å². The van der Waals surface area contributed by atoms with Gasteiger partial charge in [0.15, 0.2) is 0 Å². The van der Waals surface area contributed by atoms with Crippen LogP contribution in [-0.2, 0) is 11.3 Å². The first-order valence-corrected chi connectivity index (χ1v) is 4.95. The maximum absolute atomic E-state index is 10.6. The highest BCUT2D eigenvalue weighted by Crippen LogP contribution is 1.97. The minimum atomic E-state index is -0.0398. The molecule has 1 aromatic heterocycles. The maximum atomic E-state index is 10.6. The van der Waals surface area contributed by atoms with E-state index < -0.39 is 0 Å². The molecule has 76 valence electrons. The standard InChI is InChI=1S/C11H16N2O/c1-2-5-11(9-14)13-8-10-6-3-4-7-12-10/h3-4,6-7,9,11,13H,2,5,8H2,1H3. The fourth-order valence-corrected chi connectivity index (χ4v) is 1.27. The summed E-state index contributed by atoms with van der Waals surface area (Å²) in [5, 5.41) is 3.16. The molecule has 1 heterocycles. The first kappa shape index (κ1) is 10.9. The largest absolute Gasteiger partial charge is 0.302 e. The molecule has 0 fully saturated rings. The van der Waals surface area contributed by atoms with Crippen LogP contribution in [0.3, 0.4) is 0 Å². The van der Waals surface area contributed by atoms with Crippen molar-refractivity contribution in [3.8, 4) is 0 Å². The zero-order valence-electron chi connectivity index (χ0n) is 8.44. The Balaban J connectivity index is 2.35. The van der Waals surface area contributed by atoms with Gasteiger partial charge in [0.2, 0.25) is 0 Å². The molecule has 0 saturated heterocycles. The van der Waals surface area contributed by atoms with E-state index in [1.165, 1.54) is 0 Å². The Bertz CT molecular complexity index is 261. The Hall–Kier alpha value is -1.22. The Morgan fingerprint density at radius 2 is 2.43 bits per heavy atom. The van der Waals surface area contributed by atoms with Crippen molar-refractivity contribution in [2.75, 3.05) is 0 Å². The van der Waals surface area contributed by atoms with Gasteiger partial charge < -0.3 is 10.1 Å². The van der Waals surface area contributed by atoms with Crippen molar-refractivity contribution < 1.29 is 4.79 Å². The Morgan fingerprint density at radius 1 is 1.57 bits per heavy atom. The average Bonchev–Trinajstić information content (AvgIpc) is 2.25. The van der Waals surface area contributed by atoms with E-state index >= 15 is 0 Å². The van der Waals surface area contributed by atoms with Crippen LogP contribution in [-0.4, -0.2) is 17.3 Å². The molecule has 0 spiro atoms. The molecule has 1 atom stereocenters. The number of carbonyl (C=O) groups excluding carboxylic acids is 1. The lowest BCUT2D eigenvalue weighted by atomic mass is 10.2. The van der Waals surface area contributed by atoms with Gasteiger partial charge in [-0.3, -0.25) is 4.98 Å². The Labute approximate surface area is 84.6 Å². The van der Waals surface area contributed by atoms with E-state index in [1.807, 2.05) is 18.2 Å². The van der Waals surface area contributed by atoms with Crippen molar-refractivity contribution in [2.45, 2.75) is 32.4 Å². The third-order valence-electron chi connectivity index (χ3n) is 2.04.